The lowest BCUT2D eigenvalue weighted by Crippen LogP contribution is -2.48. The number of amides is 1. The van der Waals surface area contributed by atoms with Gasteiger partial charge in [-0.2, -0.15) is 0 Å². The number of fused-ring (bicyclic) bond motifs is 1. The van der Waals surface area contributed by atoms with Crippen LogP contribution in [0.3, 0.4) is 0 Å². The highest BCUT2D eigenvalue weighted by Gasteiger charge is 2.22. The number of carbonyl (C=O) groups is 1. The third-order valence-electron chi connectivity index (χ3n) is 4.56. The maximum absolute atomic E-state index is 12.6. The number of benzene rings is 2. The predicted octanol–water partition coefficient (Wildman–Crippen LogP) is 3.28. The Morgan fingerprint density at radius 1 is 1.04 bits per heavy atom. The molecule has 25 heavy (non-hydrogen) atoms. The van der Waals surface area contributed by atoms with Gasteiger partial charge in [0, 0.05) is 36.2 Å². The van der Waals surface area contributed by atoms with Gasteiger partial charge in [-0.1, -0.05) is 28.1 Å². The topological polar surface area (TPSA) is 52.2 Å². The summed E-state index contributed by atoms with van der Waals surface area (Å²) in [7, 11) is 0. The average Bonchev–Trinajstić information content (AvgIpc) is 3.05. The fourth-order valence-electron chi connectivity index (χ4n) is 3.18. The van der Waals surface area contributed by atoms with Crippen LogP contribution in [0, 0.1) is 0 Å². The number of halogens is 1. The molecular weight excluding hydrogens is 380 g/mol. The first-order valence-electron chi connectivity index (χ1n) is 8.40. The quantitative estimate of drug-likeness (QED) is 0.736. The minimum absolute atomic E-state index is 0.107. The lowest BCUT2D eigenvalue weighted by molar-refractivity contribution is 0.0626. The van der Waals surface area contributed by atoms with Crippen molar-refractivity contribution in [3.63, 3.8) is 0 Å². The minimum Gasteiger partial charge on any atom is -0.341 e. The lowest BCUT2D eigenvalue weighted by Gasteiger charge is -2.34. The SMILES string of the molecule is O=C(c1ccc(Br)cc1)N1CCN(Cc2nc3ccccc3[nH]2)CC1. The number of nitrogens with zero attached hydrogens (tertiary/aromatic N) is 3. The Morgan fingerprint density at radius 3 is 2.48 bits per heavy atom. The molecule has 1 amide bonds. The molecule has 0 radical (unpaired) electrons. The first kappa shape index (κ1) is 16.3. The van der Waals surface area contributed by atoms with Crippen LogP contribution < -0.4 is 0 Å². The van der Waals surface area contributed by atoms with Crippen LogP contribution in [0.4, 0.5) is 0 Å². The van der Waals surface area contributed by atoms with E-state index in [4.69, 9.17) is 0 Å². The molecule has 2 aromatic carbocycles. The van der Waals surface area contributed by atoms with Crippen molar-refractivity contribution in [2.45, 2.75) is 6.54 Å². The van der Waals surface area contributed by atoms with Gasteiger partial charge in [0.25, 0.3) is 5.91 Å². The van der Waals surface area contributed by atoms with E-state index in [0.29, 0.717) is 0 Å². The molecule has 1 aromatic heterocycles. The third-order valence-corrected chi connectivity index (χ3v) is 5.09. The number of carbonyl (C=O) groups excluding carboxylic acids is 1. The van der Waals surface area contributed by atoms with Gasteiger partial charge in [-0.15, -0.1) is 0 Å². The Morgan fingerprint density at radius 2 is 1.76 bits per heavy atom. The number of hydrogen-bond acceptors (Lipinski definition) is 3. The first-order valence-corrected chi connectivity index (χ1v) is 9.19. The zero-order chi connectivity index (χ0) is 17.2. The van der Waals surface area contributed by atoms with Crippen molar-refractivity contribution in [2.24, 2.45) is 0 Å². The second-order valence-electron chi connectivity index (χ2n) is 6.28. The van der Waals surface area contributed by atoms with Crippen molar-refractivity contribution in [3.8, 4) is 0 Å². The molecule has 128 valence electrons. The van der Waals surface area contributed by atoms with Gasteiger partial charge in [0.1, 0.15) is 5.82 Å². The highest BCUT2D eigenvalue weighted by molar-refractivity contribution is 9.10. The first-order chi connectivity index (χ1) is 12.2. The number of piperazine rings is 1. The number of H-pyrrole nitrogens is 1. The number of aromatic amines is 1. The molecule has 4 rings (SSSR count). The van der Waals surface area contributed by atoms with E-state index in [1.54, 1.807) is 0 Å². The van der Waals surface area contributed by atoms with E-state index in [9.17, 15) is 4.79 Å². The van der Waals surface area contributed by atoms with Crippen molar-refractivity contribution in [1.29, 1.82) is 0 Å². The van der Waals surface area contributed by atoms with Gasteiger partial charge >= 0.3 is 0 Å². The Balaban J connectivity index is 1.36. The molecule has 1 N–H and O–H groups in total. The fourth-order valence-corrected chi connectivity index (χ4v) is 3.44. The third kappa shape index (κ3) is 3.60. The summed E-state index contributed by atoms with van der Waals surface area (Å²) in [5, 5.41) is 0. The van der Waals surface area contributed by atoms with Gasteiger partial charge in [-0.05, 0) is 36.4 Å². The zero-order valence-corrected chi connectivity index (χ0v) is 15.4. The van der Waals surface area contributed by atoms with Crippen LogP contribution in [0.5, 0.6) is 0 Å². The summed E-state index contributed by atoms with van der Waals surface area (Å²) in [5.74, 6) is 1.09. The summed E-state index contributed by atoms with van der Waals surface area (Å²) < 4.78 is 0.986. The molecule has 0 saturated carbocycles. The van der Waals surface area contributed by atoms with Gasteiger partial charge in [-0.3, -0.25) is 9.69 Å². The van der Waals surface area contributed by atoms with Crippen LogP contribution >= 0.6 is 15.9 Å². The summed E-state index contributed by atoms with van der Waals surface area (Å²) in [6.45, 7) is 4.00. The van der Waals surface area contributed by atoms with Gasteiger partial charge in [-0.25, -0.2) is 4.98 Å². The molecule has 1 fully saturated rings. The molecular formula is C19H19BrN4O. The minimum atomic E-state index is 0.107. The van der Waals surface area contributed by atoms with Crippen LogP contribution in [0.25, 0.3) is 11.0 Å². The molecule has 0 bridgehead atoms. The monoisotopic (exact) mass is 398 g/mol. The number of para-hydroxylation sites is 2. The number of nitrogens with one attached hydrogen (secondary N) is 1. The molecule has 1 aliphatic rings. The molecule has 1 saturated heterocycles. The Kier molecular flexibility index (Phi) is 4.55. The normalized spacial score (nSPS) is 15.6. The van der Waals surface area contributed by atoms with E-state index < -0.39 is 0 Å². The van der Waals surface area contributed by atoms with Gasteiger partial charge in [0.05, 0.1) is 17.6 Å². The van der Waals surface area contributed by atoms with Crippen LogP contribution in [0.15, 0.2) is 53.0 Å². The van der Waals surface area contributed by atoms with Crippen molar-refractivity contribution >= 4 is 32.9 Å². The van der Waals surface area contributed by atoms with Crippen molar-refractivity contribution in [1.82, 2.24) is 19.8 Å². The fraction of sp³-hybridized carbons (Fsp3) is 0.263. The Bertz CT molecular complexity index is 849. The number of rotatable bonds is 3. The van der Waals surface area contributed by atoms with Crippen molar-refractivity contribution < 1.29 is 4.79 Å². The average molecular weight is 399 g/mol. The van der Waals surface area contributed by atoms with E-state index in [-0.39, 0.29) is 5.91 Å². The van der Waals surface area contributed by atoms with E-state index in [1.165, 1.54) is 0 Å². The summed E-state index contributed by atoms with van der Waals surface area (Å²) in [6.07, 6.45) is 0. The van der Waals surface area contributed by atoms with Crippen LogP contribution in [0.2, 0.25) is 0 Å². The number of aromatic nitrogens is 2. The Hall–Kier alpha value is -2.18. The molecule has 0 unspecified atom stereocenters. The van der Waals surface area contributed by atoms with Gasteiger partial charge < -0.3 is 9.88 Å². The summed E-state index contributed by atoms with van der Waals surface area (Å²) in [4.78, 5) is 24.8. The van der Waals surface area contributed by atoms with E-state index in [2.05, 4.69) is 30.8 Å². The summed E-state index contributed by atoms with van der Waals surface area (Å²) in [6, 6.07) is 15.6. The molecule has 6 heteroatoms. The second-order valence-corrected chi connectivity index (χ2v) is 7.19. The molecule has 0 spiro atoms. The molecule has 3 aromatic rings. The van der Waals surface area contributed by atoms with E-state index in [1.807, 2.05) is 53.4 Å². The molecule has 2 heterocycles. The van der Waals surface area contributed by atoms with Gasteiger partial charge in [0.2, 0.25) is 0 Å². The standard InChI is InChI=1S/C19H19BrN4O/c20-15-7-5-14(6-8-15)19(25)24-11-9-23(10-12-24)13-18-21-16-3-1-2-4-17(16)22-18/h1-8H,9-13H2,(H,21,22). The van der Waals surface area contributed by atoms with Crippen molar-refractivity contribution in [2.75, 3.05) is 26.2 Å². The highest BCUT2D eigenvalue weighted by Crippen LogP contribution is 2.15. The Labute approximate surface area is 154 Å². The molecule has 0 aliphatic carbocycles. The van der Waals surface area contributed by atoms with Crippen LogP contribution in [-0.4, -0.2) is 51.9 Å². The predicted molar refractivity (Wildman–Crippen MR) is 101 cm³/mol. The van der Waals surface area contributed by atoms with Crippen molar-refractivity contribution in [3.05, 3.63) is 64.4 Å². The largest absolute Gasteiger partial charge is 0.341 e. The second kappa shape index (κ2) is 6.98. The van der Waals surface area contributed by atoms with E-state index >= 15 is 0 Å². The summed E-state index contributed by atoms with van der Waals surface area (Å²) in [5.41, 5.74) is 2.82. The maximum atomic E-state index is 12.6. The lowest BCUT2D eigenvalue weighted by atomic mass is 10.2. The maximum Gasteiger partial charge on any atom is 0.253 e. The number of imidazole rings is 1. The zero-order valence-electron chi connectivity index (χ0n) is 13.8. The van der Waals surface area contributed by atoms with E-state index in [0.717, 1.165) is 59.6 Å². The highest BCUT2D eigenvalue weighted by atomic mass is 79.9. The van der Waals surface area contributed by atoms with Gasteiger partial charge in [0.15, 0.2) is 0 Å². The molecule has 5 nitrogen and oxygen atoms in total. The van der Waals surface area contributed by atoms with Crippen LogP contribution in [-0.2, 0) is 6.54 Å². The number of hydrogen-bond donors (Lipinski definition) is 1. The smallest absolute Gasteiger partial charge is 0.253 e. The molecule has 1 aliphatic heterocycles. The van der Waals surface area contributed by atoms with Crippen LogP contribution in [0.1, 0.15) is 16.2 Å². The summed E-state index contributed by atoms with van der Waals surface area (Å²) >= 11 is 3.40. The molecule has 0 atom stereocenters.